The number of nitrogens with two attached hydrogens (primary N) is 1. The predicted octanol–water partition coefficient (Wildman–Crippen LogP) is 8.03. The van der Waals surface area contributed by atoms with Crippen molar-refractivity contribution in [3.8, 4) is 0 Å². The third-order valence-electron chi connectivity index (χ3n) is 9.81. The molecule has 0 aromatic carbocycles. The van der Waals surface area contributed by atoms with E-state index in [-0.39, 0.29) is 56.6 Å². The minimum Gasteiger partial charge on any atom is -0.462 e. The maximum Gasteiger partial charge on any atom is 0.472 e. The van der Waals surface area contributed by atoms with Gasteiger partial charge in [-0.05, 0) is 31.6 Å². The molecule has 1 fully saturated rings. The first-order valence-electron chi connectivity index (χ1n) is 20.8. The van der Waals surface area contributed by atoms with E-state index in [1.807, 2.05) is 0 Å². The zero-order chi connectivity index (χ0) is 39.2. The number of allylic oxidation sites excluding steroid dienone is 1. The highest BCUT2D eigenvalue weighted by molar-refractivity contribution is 7.47. The molecular formula is C40H74NO11P. The second-order valence-corrected chi connectivity index (χ2v) is 16.1. The number of phosphoric acid groups is 1. The van der Waals surface area contributed by atoms with E-state index in [1.165, 1.54) is 51.4 Å². The molecule has 1 rings (SSSR count). The van der Waals surface area contributed by atoms with Crippen LogP contribution in [0.4, 0.5) is 0 Å². The van der Waals surface area contributed by atoms with E-state index in [4.69, 9.17) is 24.3 Å². The zero-order valence-corrected chi connectivity index (χ0v) is 33.9. The van der Waals surface area contributed by atoms with Gasteiger partial charge in [-0.3, -0.25) is 23.4 Å². The number of hydrogen-bond donors (Lipinski definition) is 4. The summed E-state index contributed by atoms with van der Waals surface area (Å²) in [5, 5.41) is 20.7. The van der Waals surface area contributed by atoms with E-state index in [9.17, 15) is 34.1 Å². The van der Waals surface area contributed by atoms with Gasteiger partial charge in [0.15, 0.2) is 6.10 Å². The van der Waals surface area contributed by atoms with Gasteiger partial charge in [-0.2, -0.15) is 0 Å². The Morgan fingerprint density at radius 1 is 0.811 bits per heavy atom. The smallest absolute Gasteiger partial charge is 0.462 e. The molecule has 0 amide bonds. The molecule has 310 valence electrons. The summed E-state index contributed by atoms with van der Waals surface area (Å²) in [6.07, 6.45) is 22.9. The molecule has 0 radical (unpaired) electrons. The van der Waals surface area contributed by atoms with Gasteiger partial charge >= 0.3 is 19.8 Å². The SMILES string of the molecule is CCCCCCCCCCCCCCC(=O)O[C@H](COC(=O)CCCCCC[C@H]1[C@@H](O)CC(=O)[C@@H]1/C=C/[C@@H](O)CCCCC)COP(=O)(O)OCCN. The number of hydrogen-bond acceptors (Lipinski definition) is 11. The fourth-order valence-electron chi connectivity index (χ4n) is 6.66. The number of phosphoric ester groups is 1. The van der Waals surface area contributed by atoms with Crippen molar-refractivity contribution in [3.63, 3.8) is 0 Å². The molecule has 1 aliphatic rings. The van der Waals surface area contributed by atoms with Gasteiger partial charge in [-0.25, -0.2) is 4.57 Å². The summed E-state index contributed by atoms with van der Waals surface area (Å²) >= 11 is 0. The summed E-state index contributed by atoms with van der Waals surface area (Å²) in [6.45, 7) is 3.35. The van der Waals surface area contributed by atoms with Crippen molar-refractivity contribution in [1.29, 1.82) is 0 Å². The third kappa shape index (κ3) is 25.9. The van der Waals surface area contributed by atoms with E-state index < -0.39 is 44.7 Å². The number of Topliss-reactive ketones (excluding diaryl/α,β-unsaturated/α-hetero) is 1. The van der Waals surface area contributed by atoms with Gasteiger partial charge in [0.2, 0.25) is 0 Å². The number of esters is 2. The summed E-state index contributed by atoms with van der Waals surface area (Å²) in [5.74, 6) is -1.54. The molecule has 0 aromatic heterocycles. The molecule has 5 N–H and O–H groups in total. The average Bonchev–Trinajstić information content (AvgIpc) is 3.40. The summed E-state index contributed by atoms with van der Waals surface area (Å²) in [5.41, 5.74) is 5.33. The number of carbonyl (C=O) groups excluding carboxylic acids is 3. The maximum atomic E-state index is 12.6. The number of carbonyl (C=O) groups is 3. The van der Waals surface area contributed by atoms with Crippen molar-refractivity contribution < 1.29 is 52.6 Å². The molecule has 0 aromatic rings. The van der Waals surface area contributed by atoms with E-state index in [2.05, 4.69) is 13.8 Å². The van der Waals surface area contributed by atoms with Crippen molar-refractivity contribution in [1.82, 2.24) is 0 Å². The van der Waals surface area contributed by atoms with Crippen molar-refractivity contribution in [2.45, 2.75) is 186 Å². The summed E-state index contributed by atoms with van der Waals surface area (Å²) in [7, 11) is -4.43. The van der Waals surface area contributed by atoms with Crippen LogP contribution in [0.25, 0.3) is 0 Å². The Kier molecular flexibility index (Phi) is 29.4. The highest BCUT2D eigenvalue weighted by atomic mass is 31.2. The minimum absolute atomic E-state index is 0.00544. The lowest BCUT2D eigenvalue weighted by molar-refractivity contribution is -0.161. The van der Waals surface area contributed by atoms with E-state index in [1.54, 1.807) is 12.2 Å². The Labute approximate surface area is 319 Å². The quantitative estimate of drug-likeness (QED) is 0.0210. The van der Waals surface area contributed by atoms with Crippen LogP contribution in [0.2, 0.25) is 0 Å². The van der Waals surface area contributed by atoms with Gasteiger partial charge in [0.05, 0.1) is 25.4 Å². The van der Waals surface area contributed by atoms with Crippen molar-refractivity contribution in [3.05, 3.63) is 12.2 Å². The summed E-state index contributed by atoms with van der Waals surface area (Å²) in [4.78, 5) is 47.4. The molecule has 1 aliphatic carbocycles. The fourth-order valence-corrected chi connectivity index (χ4v) is 7.42. The van der Waals surface area contributed by atoms with Crippen LogP contribution < -0.4 is 5.73 Å². The molecule has 6 atom stereocenters. The van der Waals surface area contributed by atoms with Gasteiger partial charge in [-0.1, -0.05) is 135 Å². The van der Waals surface area contributed by atoms with Crippen LogP contribution in [0.1, 0.15) is 168 Å². The summed E-state index contributed by atoms with van der Waals surface area (Å²) < 4.78 is 32.7. The number of aliphatic hydroxyl groups is 2. The Morgan fingerprint density at radius 3 is 1.96 bits per heavy atom. The van der Waals surface area contributed by atoms with Crippen LogP contribution in [-0.4, -0.2) is 77.5 Å². The molecule has 1 unspecified atom stereocenters. The van der Waals surface area contributed by atoms with Crippen LogP contribution in [-0.2, 0) is 37.5 Å². The highest BCUT2D eigenvalue weighted by Gasteiger charge is 2.39. The second kappa shape index (κ2) is 31.5. The van der Waals surface area contributed by atoms with Crippen molar-refractivity contribution in [2.24, 2.45) is 17.6 Å². The van der Waals surface area contributed by atoms with Gasteiger partial charge in [0.25, 0.3) is 0 Å². The van der Waals surface area contributed by atoms with Gasteiger partial charge in [0, 0.05) is 31.7 Å². The Bertz CT molecular complexity index is 1040. The molecule has 0 saturated heterocycles. The van der Waals surface area contributed by atoms with Crippen LogP contribution in [0.15, 0.2) is 12.2 Å². The molecule has 0 spiro atoms. The normalized spacial score (nSPS) is 19.7. The molecule has 0 aliphatic heterocycles. The Balaban J connectivity index is 2.40. The third-order valence-corrected chi connectivity index (χ3v) is 10.8. The largest absolute Gasteiger partial charge is 0.472 e. The molecule has 0 bridgehead atoms. The van der Waals surface area contributed by atoms with Crippen molar-refractivity contribution in [2.75, 3.05) is 26.4 Å². The number of ketones is 1. The van der Waals surface area contributed by atoms with E-state index in [0.29, 0.717) is 25.7 Å². The van der Waals surface area contributed by atoms with E-state index in [0.717, 1.165) is 57.8 Å². The fraction of sp³-hybridized carbons (Fsp3) is 0.875. The first kappa shape index (κ1) is 49.4. The van der Waals surface area contributed by atoms with Gasteiger partial charge in [-0.15, -0.1) is 0 Å². The first-order valence-corrected chi connectivity index (χ1v) is 22.3. The van der Waals surface area contributed by atoms with Crippen LogP contribution in [0.5, 0.6) is 0 Å². The molecular weight excluding hydrogens is 701 g/mol. The lowest BCUT2D eigenvalue weighted by Gasteiger charge is -2.20. The molecule has 12 nitrogen and oxygen atoms in total. The first-order chi connectivity index (χ1) is 25.5. The number of unbranched alkanes of at least 4 members (excludes halogenated alkanes) is 16. The Hall–Kier alpha value is -1.66. The monoisotopic (exact) mass is 775 g/mol. The number of rotatable bonds is 35. The minimum atomic E-state index is -4.43. The van der Waals surface area contributed by atoms with Gasteiger partial charge < -0.3 is 30.3 Å². The lowest BCUT2D eigenvalue weighted by atomic mass is 9.88. The lowest BCUT2D eigenvalue weighted by Crippen LogP contribution is -2.29. The number of aliphatic hydroxyl groups excluding tert-OH is 2. The van der Waals surface area contributed by atoms with Crippen LogP contribution in [0.3, 0.4) is 0 Å². The summed E-state index contributed by atoms with van der Waals surface area (Å²) in [6, 6.07) is 0. The zero-order valence-electron chi connectivity index (χ0n) is 33.0. The van der Waals surface area contributed by atoms with Crippen molar-refractivity contribution >= 4 is 25.5 Å². The second-order valence-electron chi connectivity index (χ2n) is 14.6. The van der Waals surface area contributed by atoms with Crippen LogP contribution in [0, 0.1) is 11.8 Å². The highest BCUT2D eigenvalue weighted by Crippen LogP contribution is 2.43. The topological polar surface area (TPSA) is 192 Å². The van der Waals surface area contributed by atoms with E-state index >= 15 is 0 Å². The molecule has 1 saturated carbocycles. The molecule has 53 heavy (non-hydrogen) atoms. The Morgan fingerprint density at radius 2 is 1.36 bits per heavy atom. The van der Waals surface area contributed by atoms with Crippen LogP contribution >= 0.6 is 7.82 Å². The molecule has 13 heteroatoms. The number of ether oxygens (including phenoxy) is 2. The van der Waals surface area contributed by atoms with Gasteiger partial charge in [0.1, 0.15) is 12.4 Å². The average molecular weight is 776 g/mol. The molecule has 0 heterocycles. The maximum absolute atomic E-state index is 12.6. The predicted molar refractivity (Wildman–Crippen MR) is 207 cm³/mol. The standard InChI is InChI=1S/C40H74NO11P/c1-3-5-7-8-9-10-11-12-13-14-15-21-25-40(46)52-34(32-51-53(47,48)50-29-28-41)31-49-39(45)24-20-17-16-19-23-35-36(38(44)30-37(35)43)27-26-33(42)22-18-6-4-2/h26-27,33-37,42-43H,3-25,28-32,41H2,1-2H3,(H,47,48)/b27-26+/t33-,34+,35+,36+,37-/m0/s1.